The molecule has 178 valence electrons. The Morgan fingerprint density at radius 1 is 1.06 bits per heavy atom. The molecule has 1 saturated heterocycles. The Balaban J connectivity index is 1.44. The molecule has 0 radical (unpaired) electrons. The van der Waals surface area contributed by atoms with Crippen LogP contribution in [-0.2, 0) is 9.59 Å². The van der Waals surface area contributed by atoms with Crippen LogP contribution in [-0.4, -0.2) is 22.7 Å². The molecule has 0 saturated carbocycles. The Bertz CT molecular complexity index is 1350. The number of hydrogen-bond acceptors (Lipinski definition) is 5. The van der Waals surface area contributed by atoms with Crippen molar-refractivity contribution in [3.8, 4) is 5.75 Å². The maximum absolute atomic E-state index is 13.1. The van der Waals surface area contributed by atoms with Crippen molar-refractivity contribution >= 4 is 69.2 Å². The van der Waals surface area contributed by atoms with Gasteiger partial charge >= 0.3 is 0 Å². The van der Waals surface area contributed by atoms with Crippen molar-refractivity contribution in [2.45, 2.75) is 20.8 Å². The third-order valence-corrected chi connectivity index (χ3v) is 7.19. The molecule has 4 rings (SSSR count). The summed E-state index contributed by atoms with van der Waals surface area (Å²) in [6.07, 6.45) is 1.76. The molecule has 0 aliphatic carbocycles. The molecule has 1 fully saturated rings. The van der Waals surface area contributed by atoms with Crippen LogP contribution in [0.4, 0.5) is 11.4 Å². The maximum Gasteiger partial charge on any atom is 0.270 e. The fraction of sp³-hybridized carbons (Fsp3) is 0.148. The number of nitrogens with zero attached hydrogens (tertiary/aromatic N) is 1. The minimum Gasteiger partial charge on any atom is -0.484 e. The van der Waals surface area contributed by atoms with Crippen LogP contribution in [0.5, 0.6) is 5.75 Å². The molecule has 0 bridgehead atoms. The normalized spacial score (nSPS) is 14.5. The van der Waals surface area contributed by atoms with E-state index in [0.29, 0.717) is 25.7 Å². The summed E-state index contributed by atoms with van der Waals surface area (Å²) in [5, 5.41) is 3.48. The van der Waals surface area contributed by atoms with Gasteiger partial charge in [0.15, 0.2) is 10.9 Å². The molecule has 1 N–H and O–H groups in total. The van der Waals surface area contributed by atoms with Crippen molar-refractivity contribution in [1.82, 2.24) is 0 Å². The van der Waals surface area contributed by atoms with Crippen LogP contribution in [0.2, 0.25) is 5.02 Å². The molecule has 1 aliphatic heterocycles. The quantitative estimate of drug-likeness (QED) is 0.289. The summed E-state index contributed by atoms with van der Waals surface area (Å²) in [5.41, 5.74) is 5.11. The fourth-order valence-electron chi connectivity index (χ4n) is 3.59. The lowest BCUT2D eigenvalue weighted by Crippen LogP contribution is -2.27. The van der Waals surface area contributed by atoms with E-state index in [1.807, 2.05) is 63.2 Å². The molecule has 0 atom stereocenters. The van der Waals surface area contributed by atoms with Crippen molar-refractivity contribution in [2.75, 3.05) is 16.8 Å². The highest BCUT2D eigenvalue weighted by atomic mass is 35.5. The number of carbonyl (C=O) groups excluding carboxylic acids is 2. The molecule has 35 heavy (non-hydrogen) atoms. The third-order valence-electron chi connectivity index (χ3n) is 5.48. The Kier molecular flexibility index (Phi) is 7.60. The van der Waals surface area contributed by atoms with Gasteiger partial charge in [-0.15, -0.1) is 0 Å². The number of amides is 2. The second kappa shape index (κ2) is 10.6. The highest BCUT2D eigenvalue weighted by Crippen LogP contribution is 2.37. The highest BCUT2D eigenvalue weighted by molar-refractivity contribution is 8.27. The van der Waals surface area contributed by atoms with Crippen LogP contribution >= 0.6 is 35.6 Å². The first kappa shape index (κ1) is 25.0. The smallest absolute Gasteiger partial charge is 0.270 e. The molecule has 0 spiro atoms. The molecule has 3 aromatic rings. The second-order valence-electron chi connectivity index (χ2n) is 8.13. The van der Waals surface area contributed by atoms with Crippen molar-refractivity contribution in [3.63, 3.8) is 0 Å². The number of benzene rings is 3. The van der Waals surface area contributed by atoms with Gasteiger partial charge < -0.3 is 10.1 Å². The summed E-state index contributed by atoms with van der Waals surface area (Å²) in [7, 11) is 0. The first-order chi connectivity index (χ1) is 16.7. The predicted molar refractivity (Wildman–Crippen MR) is 148 cm³/mol. The van der Waals surface area contributed by atoms with E-state index in [4.69, 9.17) is 28.6 Å². The van der Waals surface area contributed by atoms with Gasteiger partial charge in [0.05, 0.1) is 10.6 Å². The van der Waals surface area contributed by atoms with Gasteiger partial charge in [0, 0.05) is 10.7 Å². The minimum atomic E-state index is -0.245. The number of nitrogens with one attached hydrogen (secondary N) is 1. The molecule has 5 nitrogen and oxygen atoms in total. The summed E-state index contributed by atoms with van der Waals surface area (Å²) in [6, 6.07) is 18.5. The van der Waals surface area contributed by atoms with E-state index in [2.05, 4.69) is 5.32 Å². The summed E-state index contributed by atoms with van der Waals surface area (Å²) in [5.74, 6) is 0.0702. The van der Waals surface area contributed by atoms with Gasteiger partial charge in [-0.05, 0) is 73.4 Å². The van der Waals surface area contributed by atoms with Gasteiger partial charge in [0.1, 0.15) is 5.75 Å². The Morgan fingerprint density at radius 2 is 1.77 bits per heavy atom. The Morgan fingerprint density at radius 3 is 2.49 bits per heavy atom. The van der Waals surface area contributed by atoms with Gasteiger partial charge in [-0.25, -0.2) is 0 Å². The zero-order valence-corrected chi connectivity index (χ0v) is 21.8. The van der Waals surface area contributed by atoms with Crippen LogP contribution < -0.4 is 15.0 Å². The van der Waals surface area contributed by atoms with Crippen LogP contribution in [0.3, 0.4) is 0 Å². The number of carbonyl (C=O) groups is 2. The van der Waals surface area contributed by atoms with E-state index in [0.717, 1.165) is 27.9 Å². The summed E-state index contributed by atoms with van der Waals surface area (Å²) < 4.78 is 6.15. The number of halogens is 1. The average molecular weight is 523 g/mol. The Labute approximate surface area is 219 Å². The van der Waals surface area contributed by atoms with E-state index < -0.39 is 0 Å². The summed E-state index contributed by atoms with van der Waals surface area (Å²) >= 11 is 12.9. The highest BCUT2D eigenvalue weighted by Gasteiger charge is 2.33. The van der Waals surface area contributed by atoms with Crippen molar-refractivity contribution in [3.05, 3.63) is 92.8 Å². The molecule has 3 aromatic carbocycles. The minimum absolute atomic E-state index is 0.131. The molecule has 0 aromatic heterocycles. The number of para-hydroxylation sites is 1. The first-order valence-electron chi connectivity index (χ1n) is 10.9. The van der Waals surface area contributed by atoms with Crippen molar-refractivity contribution in [2.24, 2.45) is 0 Å². The predicted octanol–water partition coefficient (Wildman–Crippen LogP) is 6.69. The van der Waals surface area contributed by atoms with Crippen LogP contribution in [0.1, 0.15) is 22.3 Å². The third kappa shape index (κ3) is 5.75. The van der Waals surface area contributed by atoms with Crippen LogP contribution in [0.25, 0.3) is 6.08 Å². The number of anilines is 2. The lowest BCUT2D eigenvalue weighted by Gasteiger charge is -2.15. The van der Waals surface area contributed by atoms with E-state index in [1.54, 1.807) is 24.3 Å². The summed E-state index contributed by atoms with van der Waals surface area (Å²) in [4.78, 5) is 27.5. The fourth-order valence-corrected chi connectivity index (χ4v) is 5.07. The number of aryl methyl sites for hydroxylation is 3. The number of thiocarbonyl (C=S) groups is 1. The van der Waals surface area contributed by atoms with Crippen molar-refractivity contribution < 1.29 is 14.3 Å². The van der Waals surface area contributed by atoms with Gasteiger partial charge in [0.25, 0.3) is 11.8 Å². The van der Waals surface area contributed by atoms with Crippen LogP contribution in [0, 0.1) is 20.8 Å². The SMILES string of the molecule is Cc1ccc(N2C(=O)/C(=C/c3cccc(OCC(=O)Nc4c(C)cccc4C)c3)SC2=S)cc1Cl. The molecular formula is C27H23ClN2O3S2. The number of ether oxygens (including phenoxy) is 1. The topological polar surface area (TPSA) is 58.6 Å². The monoisotopic (exact) mass is 522 g/mol. The maximum atomic E-state index is 13.1. The lowest BCUT2D eigenvalue weighted by molar-refractivity contribution is -0.118. The van der Waals surface area contributed by atoms with Gasteiger partial charge in [0.2, 0.25) is 0 Å². The second-order valence-corrected chi connectivity index (χ2v) is 10.2. The van der Waals surface area contributed by atoms with Gasteiger partial charge in [-0.2, -0.15) is 0 Å². The number of hydrogen-bond donors (Lipinski definition) is 1. The summed E-state index contributed by atoms with van der Waals surface area (Å²) in [6.45, 7) is 5.66. The molecule has 2 amide bonds. The Hall–Kier alpha value is -3.13. The lowest BCUT2D eigenvalue weighted by atomic mass is 10.1. The molecule has 8 heteroatoms. The van der Waals surface area contributed by atoms with E-state index in [9.17, 15) is 9.59 Å². The number of thioether (sulfide) groups is 1. The molecule has 1 aliphatic rings. The van der Waals surface area contributed by atoms with Crippen molar-refractivity contribution in [1.29, 1.82) is 0 Å². The zero-order chi connectivity index (χ0) is 25.1. The van der Waals surface area contributed by atoms with Gasteiger partial charge in [-0.1, -0.05) is 72.0 Å². The van der Waals surface area contributed by atoms with Gasteiger partial charge in [-0.3, -0.25) is 14.5 Å². The van der Waals surface area contributed by atoms with Crippen LogP contribution in [0.15, 0.2) is 65.6 Å². The molecular weight excluding hydrogens is 500 g/mol. The first-order valence-corrected chi connectivity index (χ1v) is 12.5. The average Bonchev–Trinajstić information content (AvgIpc) is 3.10. The standard InChI is InChI=1S/C27H23ClN2O3S2/c1-16-10-11-20(14-22(16)28)30-26(32)23(35-27(30)34)13-19-8-5-9-21(12-19)33-15-24(31)29-25-17(2)6-4-7-18(25)3/h4-14H,15H2,1-3H3,(H,29,31)/b23-13-. The molecule has 0 unspecified atom stereocenters. The number of rotatable bonds is 6. The van der Waals surface area contributed by atoms with E-state index in [-0.39, 0.29) is 18.4 Å². The molecule has 1 heterocycles. The largest absolute Gasteiger partial charge is 0.484 e. The van der Waals surface area contributed by atoms with E-state index in [1.165, 1.54) is 16.7 Å². The zero-order valence-electron chi connectivity index (χ0n) is 19.4. The van der Waals surface area contributed by atoms with E-state index >= 15 is 0 Å².